The van der Waals surface area contributed by atoms with Crippen LogP contribution < -0.4 is 0 Å². The van der Waals surface area contributed by atoms with Crippen molar-refractivity contribution in [3.8, 4) is 0 Å². The second-order valence-corrected chi connectivity index (χ2v) is 4.57. The van der Waals surface area contributed by atoms with Gasteiger partial charge in [-0.15, -0.1) is 0 Å². The Balaban J connectivity index is 2.16. The van der Waals surface area contributed by atoms with Gasteiger partial charge in [0.15, 0.2) is 0 Å². The average Bonchev–Trinajstić information content (AvgIpc) is 2.12. The van der Waals surface area contributed by atoms with Crippen LogP contribution in [0.2, 0.25) is 0 Å². The van der Waals surface area contributed by atoms with Gasteiger partial charge in [0.2, 0.25) is 0 Å². The van der Waals surface area contributed by atoms with Crippen LogP contribution in [0, 0.1) is 5.41 Å². The van der Waals surface area contributed by atoms with Gasteiger partial charge in [-0.2, -0.15) is 0 Å². The maximum atomic E-state index is 10.0. The lowest BCUT2D eigenvalue weighted by atomic mass is 9.76. The van der Waals surface area contributed by atoms with E-state index in [0.29, 0.717) is 0 Å². The standard InChI is InChI=1S/C12H24O2/c1-3-5-6-7-8-11(13)12(4-2)9-14-10-12/h11,13H,3-10H2,1-2H3. The lowest BCUT2D eigenvalue weighted by Gasteiger charge is -2.44. The predicted molar refractivity (Wildman–Crippen MR) is 58.3 cm³/mol. The molecule has 0 aromatic carbocycles. The van der Waals surface area contributed by atoms with Crippen molar-refractivity contribution in [3.63, 3.8) is 0 Å². The Hall–Kier alpha value is -0.0800. The van der Waals surface area contributed by atoms with Crippen molar-refractivity contribution in [3.05, 3.63) is 0 Å². The molecule has 0 aromatic heterocycles. The van der Waals surface area contributed by atoms with E-state index < -0.39 is 0 Å². The molecule has 1 aliphatic rings. The molecule has 14 heavy (non-hydrogen) atoms. The van der Waals surface area contributed by atoms with Gasteiger partial charge in [-0.1, -0.05) is 39.5 Å². The third-order valence-corrected chi connectivity index (χ3v) is 3.52. The Labute approximate surface area is 87.7 Å². The Morgan fingerprint density at radius 2 is 1.93 bits per heavy atom. The summed E-state index contributed by atoms with van der Waals surface area (Å²) in [4.78, 5) is 0. The third-order valence-electron chi connectivity index (χ3n) is 3.52. The summed E-state index contributed by atoms with van der Waals surface area (Å²) in [6.45, 7) is 5.89. The third kappa shape index (κ3) is 2.71. The van der Waals surface area contributed by atoms with Crippen LogP contribution in [0.4, 0.5) is 0 Å². The second-order valence-electron chi connectivity index (χ2n) is 4.57. The summed E-state index contributed by atoms with van der Waals surface area (Å²) in [5, 5.41) is 10.0. The molecule has 1 N–H and O–H groups in total. The molecule has 1 heterocycles. The number of ether oxygens (including phenoxy) is 1. The molecule has 2 heteroatoms. The van der Waals surface area contributed by atoms with Crippen molar-refractivity contribution in [2.45, 2.75) is 58.5 Å². The van der Waals surface area contributed by atoms with Crippen LogP contribution in [0.15, 0.2) is 0 Å². The van der Waals surface area contributed by atoms with Gasteiger partial charge in [0.25, 0.3) is 0 Å². The summed E-state index contributed by atoms with van der Waals surface area (Å²) >= 11 is 0. The van der Waals surface area contributed by atoms with E-state index in [1.54, 1.807) is 0 Å². The number of rotatable bonds is 7. The van der Waals surface area contributed by atoms with Gasteiger partial charge in [-0.25, -0.2) is 0 Å². The zero-order valence-electron chi connectivity index (χ0n) is 9.59. The summed E-state index contributed by atoms with van der Waals surface area (Å²) in [5.74, 6) is 0. The molecule has 1 unspecified atom stereocenters. The molecule has 1 fully saturated rings. The highest BCUT2D eigenvalue weighted by Crippen LogP contribution is 2.37. The Kier molecular flexibility index (Phi) is 4.90. The van der Waals surface area contributed by atoms with Crippen molar-refractivity contribution in [2.75, 3.05) is 13.2 Å². The SMILES string of the molecule is CCCCCCC(O)C1(CC)COC1. The fourth-order valence-electron chi connectivity index (χ4n) is 2.07. The monoisotopic (exact) mass is 200 g/mol. The molecule has 1 aliphatic heterocycles. The van der Waals surface area contributed by atoms with Crippen molar-refractivity contribution in [1.82, 2.24) is 0 Å². The van der Waals surface area contributed by atoms with Crippen molar-refractivity contribution < 1.29 is 9.84 Å². The fourth-order valence-corrected chi connectivity index (χ4v) is 2.07. The van der Waals surface area contributed by atoms with Gasteiger partial charge in [-0.3, -0.25) is 0 Å². The highest BCUT2D eigenvalue weighted by molar-refractivity contribution is 4.90. The van der Waals surface area contributed by atoms with Gasteiger partial charge >= 0.3 is 0 Å². The smallest absolute Gasteiger partial charge is 0.0640 e. The zero-order valence-corrected chi connectivity index (χ0v) is 9.59. The first-order valence-electron chi connectivity index (χ1n) is 6.01. The average molecular weight is 200 g/mol. The molecule has 0 amide bonds. The highest BCUT2D eigenvalue weighted by Gasteiger charge is 2.42. The molecule has 0 spiro atoms. The van der Waals surface area contributed by atoms with Crippen LogP contribution >= 0.6 is 0 Å². The minimum absolute atomic E-state index is 0.103. The first-order chi connectivity index (χ1) is 6.75. The molecule has 0 aromatic rings. The second kappa shape index (κ2) is 5.72. The minimum atomic E-state index is -0.141. The predicted octanol–water partition coefficient (Wildman–Crippen LogP) is 2.74. The number of aliphatic hydroxyl groups excluding tert-OH is 1. The minimum Gasteiger partial charge on any atom is -0.392 e. The molecular formula is C12H24O2. The van der Waals surface area contributed by atoms with E-state index in [1.807, 2.05) is 0 Å². The van der Waals surface area contributed by atoms with Crippen LogP contribution in [-0.2, 0) is 4.74 Å². The van der Waals surface area contributed by atoms with Crippen molar-refractivity contribution in [1.29, 1.82) is 0 Å². The first-order valence-corrected chi connectivity index (χ1v) is 6.01. The number of hydrogen-bond donors (Lipinski definition) is 1. The molecule has 0 aliphatic carbocycles. The number of hydrogen-bond acceptors (Lipinski definition) is 2. The summed E-state index contributed by atoms with van der Waals surface area (Å²) in [6.07, 6.45) is 6.84. The molecule has 2 nitrogen and oxygen atoms in total. The van der Waals surface area contributed by atoms with Gasteiger partial charge in [0.05, 0.1) is 19.3 Å². The Morgan fingerprint density at radius 3 is 2.36 bits per heavy atom. The van der Waals surface area contributed by atoms with E-state index in [2.05, 4.69) is 13.8 Å². The van der Waals surface area contributed by atoms with Crippen LogP contribution in [-0.4, -0.2) is 24.4 Å². The Morgan fingerprint density at radius 1 is 1.21 bits per heavy atom. The van der Waals surface area contributed by atoms with Crippen LogP contribution in [0.3, 0.4) is 0 Å². The topological polar surface area (TPSA) is 29.5 Å². The van der Waals surface area contributed by atoms with E-state index in [0.717, 1.165) is 32.5 Å². The maximum absolute atomic E-state index is 10.0. The molecule has 0 bridgehead atoms. The highest BCUT2D eigenvalue weighted by atomic mass is 16.5. The number of unbranched alkanes of at least 4 members (excludes halogenated alkanes) is 3. The van der Waals surface area contributed by atoms with Crippen LogP contribution in [0.1, 0.15) is 52.4 Å². The van der Waals surface area contributed by atoms with Crippen LogP contribution in [0.25, 0.3) is 0 Å². The summed E-state index contributed by atoms with van der Waals surface area (Å²) in [6, 6.07) is 0. The van der Waals surface area contributed by atoms with E-state index in [1.165, 1.54) is 19.3 Å². The van der Waals surface area contributed by atoms with E-state index in [9.17, 15) is 5.11 Å². The summed E-state index contributed by atoms with van der Waals surface area (Å²) < 4.78 is 5.22. The summed E-state index contributed by atoms with van der Waals surface area (Å²) in [5.41, 5.74) is 0.103. The maximum Gasteiger partial charge on any atom is 0.0640 e. The van der Waals surface area contributed by atoms with Gasteiger partial charge in [0, 0.05) is 5.41 Å². The first kappa shape index (κ1) is 12.0. The fraction of sp³-hybridized carbons (Fsp3) is 1.00. The van der Waals surface area contributed by atoms with E-state index >= 15 is 0 Å². The van der Waals surface area contributed by atoms with Gasteiger partial charge in [-0.05, 0) is 12.8 Å². The molecular weight excluding hydrogens is 176 g/mol. The number of aliphatic hydroxyl groups is 1. The van der Waals surface area contributed by atoms with E-state index in [-0.39, 0.29) is 11.5 Å². The normalized spacial score (nSPS) is 21.6. The molecule has 1 saturated heterocycles. The lowest BCUT2D eigenvalue weighted by Crippen LogP contribution is -2.50. The van der Waals surface area contributed by atoms with Gasteiger partial charge < -0.3 is 9.84 Å². The quantitative estimate of drug-likeness (QED) is 0.640. The molecule has 1 atom stereocenters. The summed E-state index contributed by atoms with van der Waals surface area (Å²) in [7, 11) is 0. The zero-order chi connectivity index (χ0) is 10.4. The largest absolute Gasteiger partial charge is 0.392 e. The van der Waals surface area contributed by atoms with Crippen molar-refractivity contribution in [2.24, 2.45) is 5.41 Å². The molecule has 84 valence electrons. The molecule has 0 saturated carbocycles. The lowest BCUT2D eigenvalue weighted by molar-refractivity contribution is -0.175. The van der Waals surface area contributed by atoms with Crippen LogP contribution in [0.5, 0.6) is 0 Å². The molecule has 0 radical (unpaired) electrons. The van der Waals surface area contributed by atoms with Crippen molar-refractivity contribution >= 4 is 0 Å². The van der Waals surface area contributed by atoms with E-state index in [4.69, 9.17) is 4.74 Å². The van der Waals surface area contributed by atoms with Gasteiger partial charge in [0.1, 0.15) is 0 Å². The Bertz CT molecular complexity index is 147. The molecule has 1 rings (SSSR count).